The molecule has 0 N–H and O–H groups in total. The van der Waals surface area contributed by atoms with E-state index in [4.69, 9.17) is 0 Å². The Hall–Kier alpha value is -1.10. The number of hydrogen-bond acceptors (Lipinski definition) is 4. The second-order valence-corrected chi connectivity index (χ2v) is 6.40. The van der Waals surface area contributed by atoms with Gasteiger partial charge in [-0.15, -0.1) is 0 Å². The van der Waals surface area contributed by atoms with Crippen molar-refractivity contribution in [2.45, 2.75) is 24.7 Å². The van der Waals surface area contributed by atoms with Gasteiger partial charge in [0.2, 0.25) is 0 Å². The lowest BCUT2D eigenvalue weighted by Gasteiger charge is -2.16. The highest BCUT2D eigenvalue weighted by Crippen LogP contribution is 2.25. The fourth-order valence-corrected chi connectivity index (χ4v) is 2.29. The lowest BCUT2D eigenvalue weighted by atomic mass is 10.1. The Labute approximate surface area is 97.2 Å². The second-order valence-electron chi connectivity index (χ2n) is 4.41. The zero-order valence-corrected chi connectivity index (χ0v) is 11.2. The molecular formula is C11H18N2O2S. The van der Waals surface area contributed by atoms with Crippen molar-refractivity contribution >= 4 is 15.7 Å². The van der Waals surface area contributed by atoms with Gasteiger partial charge in [0.15, 0.2) is 9.84 Å². The zero-order valence-electron chi connectivity index (χ0n) is 10.4. The third-order valence-corrected chi connectivity index (χ3v) is 3.44. The van der Waals surface area contributed by atoms with Crippen molar-refractivity contribution in [3.05, 3.63) is 17.8 Å². The first-order valence-corrected chi connectivity index (χ1v) is 7.00. The molecule has 0 unspecified atom stereocenters. The van der Waals surface area contributed by atoms with E-state index in [0.29, 0.717) is 10.7 Å². The molecule has 0 saturated heterocycles. The number of anilines is 1. The standard InChI is InChI=1S/C11H18N2O2S/c1-8(2)9-6-10(16(5,14)15)11(12-7-9)13(3)4/h6-8H,1-5H3. The summed E-state index contributed by atoms with van der Waals surface area (Å²) < 4.78 is 23.3. The molecule has 0 aliphatic carbocycles. The van der Waals surface area contributed by atoms with Crippen molar-refractivity contribution in [2.75, 3.05) is 25.3 Å². The van der Waals surface area contributed by atoms with Crippen LogP contribution in [0.4, 0.5) is 5.82 Å². The topological polar surface area (TPSA) is 50.3 Å². The number of sulfone groups is 1. The van der Waals surface area contributed by atoms with Crippen LogP contribution < -0.4 is 4.90 Å². The predicted octanol–water partition coefficient (Wildman–Crippen LogP) is 1.67. The summed E-state index contributed by atoms with van der Waals surface area (Å²) in [5, 5.41) is 0. The highest BCUT2D eigenvalue weighted by molar-refractivity contribution is 7.90. The Morgan fingerprint density at radius 3 is 2.25 bits per heavy atom. The number of nitrogens with zero attached hydrogens (tertiary/aromatic N) is 2. The average molecular weight is 242 g/mol. The highest BCUT2D eigenvalue weighted by Gasteiger charge is 2.17. The van der Waals surface area contributed by atoms with Crippen LogP contribution in [0.2, 0.25) is 0 Å². The van der Waals surface area contributed by atoms with Crippen molar-refractivity contribution in [2.24, 2.45) is 0 Å². The maximum absolute atomic E-state index is 11.7. The van der Waals surface area contributed by atoms with E-state index in [2.05, 4.69) is 4.98 Å². The van der Waals surface area contributed by atoms with Gasteiger partial charge in [0.25, 0.3) is 0 Å². The Morgan fingerprint density at radius 2 is 1.88 bits per heavy atom. The molecule has 4 nitrogen and oxygen atoms in total. The van der Waals surface area contributed by atoms with Crippen molar-refractivity contribution in [1.82, 2.24) is 4.98 Å². The smallest absolute Gasteiger partial charge is 0.179 e. The third kappa shape index (κ3) is 2.72. The highest BCUT2D eigenvalue weighted by atomic mass is 32.2. The van der Waals surface area contributed by atoms with E-state index < -0.39 is 9.84 Å². The van der Waals surface area contributed by atoms with E-state index in [1.165, 1.54) is 6.26 Å². The van der Waals surface area contributed by atoms with Gasteiger partial charge < -0.3 is 4.90 Å². The van der Waals surface area contributed by atoms with Crippen LogP contribution in [-0.2, 0) is 9.84 Å². The summed E-state index contributed by atoms with van der Waals surface area (Å²) in [6.07, 6.45) is 2.94. The van der Waals surface area contributed by atoms with Crippen LogP contribution in [0.15, 0.2) is 17.2 Å². The van der Waals surface area contributed by atoms with Gasteiger partial charge in [-0.3, -0.25) is 0 Å². The number of aromatic nitrogens is 1. The maximum Gasteiger partial charge on any atom is 0.179 e. The van der Waals surface area contributed by atoms with Crippen molar-refractivity contribution in [3.63, 3.8) is 0 Å². The van der Waals surface area contributed by atoms with E-state index >= 15 is 0 Å². The van der Waals surface area contributed by atoms with E-state index in [1.807, 2.05) is 13.8 Å². The van der Waals surface area contributed by atoms with Crippen LogP contribution in [0.3, 0.4) is 0 Å². The fraction of sp³-hybridized carbons (Fsp3) is 0.545. The van der Waals surface area contributed by atoms with Crippen molar-refractivity contribution < 1.29 is 8.42 Å². The molecule has 0 aromatic carbocycles. The Morgan fingerprint density at radius 1 is 1.31 bits per heavy atom. The molecule has 0 atom stereocenters. The molecule has 0 spiro atoms. The maximum atomic E-state index is 11.7. The number of pyridine rings is 1. The molecule has 16 heavy (non-hydrogen) atoms. The minimum atomic E-state index is -3.24. The first-order valence-electron chi connectivity index (χ1n) is 5.10. The molecular weight excluding hydrogens is 224 g/mol. The summed E-state index contributed by atoms with van der Waals surface area (Å²) in [6, 6.07) is 1.71. The Kier molecular flexibility index (Phi) is 3.57. The summed E-state index contributed by atoms with van der Waals surface area (Å²) in [5.41, 5.74) is 0.936. The zero-order chi connectivity index (χ0) is 12.5. The molecule has 1 aromatic rings. The Bertz CT molecular complexity index is 479. The lowest BCUT2D eigenvalue weighted by Crippen LogP contribution is -2.16. The predicted molar refractivity (Wildman–Crippen MR) is 65.8 cm³/mol. The normalized spacial score (nSPS) is 11.9. The van der Waals surface area contributed by atoms with Gasteiger partial charge in [-0.1, -0.05) is 13.8 Å². The third-order valence-electron chi connectivity index (χ3n) is 2.34. The molecule has 1 rings (SSSR count). The summed E-state index contributed by atoms with van der Waals surface area (Å²) in [5.74, 6) is 0.760. The largest absolute Gasteiger partial charge is 0.362 e. The van der Waals surface area contributed by atoms with Gasteiger partial charge in [-0.25, -0.2) is 13.4 Å². The second kappa shape index (κ2) is 4.41. The van der Waals surface area contributed by atoms with E-state index in [1.54, 1.807) is 31.3 Å². The molecule has 0 radical (unpaired) electrons. The molecule has 1 heterocycles. The van der Waals surface area contributed by atoms with Gasteiger partial charge in [-0.2, -0.15) is 0 Å². The van der Waals surface area contributed by atoms with Gasteiger partial charge >= 0.3 is 0 Å². The minimum Gasteiger partial charge on any atom is -0.362 e. The lowest BCUT2D eigenvalue weighted by molar-refractivity contribution is 0.601. The molecule has 0 fully saturated rings. The van der Waals surface area contributed by atoms with Gasteiger partial charge in [0.1, 0.15) is 10.7 Å². The van der Waals surface area contributed by atoms with Crippen LogP contribution in [0.1, 0.15) is 25.3 Å². The van der Waals surface area contributed by atoms with Crippen molar-refractivity contribution in [3.8, 4) is 0 Å². The first-order chi connectivity index (χ1) is 7.23. The summed E-state index contributed by atoms with van der Waals surface area (Å²) in [7, 11) is 0.329. The monoisotopic (exact) mass is 242 g/mol. The summed E-state index contributed by atoms with van der Waals surface area (Å²) in [4.78, 5) is 6.22. The van der Waals surface area contributed by atoms with Crippen molar-refractivity contribution in [1.29, 1.82) is 0 Å². The number of rotatable bonds is 3. The van der Waals surface area contributed by atoms with E-state index in [-0.39, 0.29) is 5.92 Å². The van der Waals surface area contributed by atoms with E-state index in [0.717, 1.165) is 5.56 Å². The first kappa shape index (κ1) is 13.0. The van der Waals surface area contributed by atoms with Crippen LogP contribution in [0.5, 0.6) is 0 Å². The van der Waals surface area contributed by atoms with Crippen LogP contribution in [0, 0.1) is 0 Å². The van der Waals surface area contributed by atoms with Crippen LogP contribution in [-0.4, -0.2) is 33.8 Å². The van der Waals surface area contributed by atoms with Gasteiger partial charge in [0.05, 0.1) is 0 Å². The fourth-order valence-electron chi connectivity index (χ4n) is 1.38. The minimum absolute atomic E-state index is 0.268. The number of hydrogen-bond donors (Lipinski definition) is 0. The molecule has 0 amide bonds. The van der Waals surface area contributed by atoms with E-state index in [9.17, 15) is 8.42 Å². The Balaban J connectivity index is 3.45. The van der Waals surface area contributed by atoms with Crippen LogP contribution >= 0.6 is 0 Å². The molecule has 5 heteroatoms. The molecule has 0 aliphatic heterocycles. The average Bonchev–Trinajstić information content (AvgIpc) is 2.15. The molecule has 90 valence electrons. The molecule has 1 aromatic heterocycles. The summed E-state index contributed by atoms with van der Waals surface area (Å²) in [6.45, 7) is 4.02. The van der Waals surface area contributed by atoms with Gasteiger partial charge in [0, 0.05) is 26.5 Å². The quantitative estimate of drug-likeness (QED) is 0.809. The molecule has 0 aliphatic rings. The summed E-state index contributed by atoms with van der Waals surface area (Å²) >= 11 is 0. The van der Waals surface area contributed by atoms with Crippen LogP contribution in [0.25, 0.3) is 0 Å². The molecule has 0 saturated carbocycles. The molecule has 0 bridgehead atoms. The SMILES string of the molecule is CC(C)c1cnc(N(C)C)c(S(C)(=O)=O)c1. The van der Waals surface area contributed by atoms with Gasteiger partial charge in [-0.05, 0) is 17.5 Å².